The van der Waals surface area contributed by atoms with Crippen LogP contribution in [0.1, 0.15) is 34.9 Å². The summed E-state index contributed by atoms with van der Waals surface area (Å²) < 4.78 is 6.26. The van der Waals surface area contributed by atoms with Gasteiger partial charge in [-0.15, -0.1) is 6.58 Å². The van der Waals surface area contributed by atoms with Crippen molar-refractivity contribution in [3.63, 3.8) is 0 Å². The Morgan fingerprint density at radius 2 is 1.96 bits per heavy atom. The second kappa shape index (κ2) is 5.97. The van der Waals surface area contributed by atoms with Crippen LogP contribution in [0.15, 0.2) is 67.3 Å². The first kappa shape index (κ1) is 14.7. The van der Waals surface area contributed by atoms with Gasteiger partial charge in [-0.2, -0.15) is 0 Å². The van der Waals surface area contributed by atoms with Crippen molar-refractivity contribution >= 4 is 22.7 Å². The van der Waals surface area contributed by atoms with Crippen molar-refractivity contribution in [2.75, 3.05) is 0 Å². The van der Waals surface area contributed by atoms with Crippen LogP contribution in [0.25, 0.3) is 22.7 Å². The van der Waals surface area contributed by atoms with Crippen molar-refractivity contribution in [1.29, 1.82) is 0 Å². The van der Waals surface area contributed by atoms with E-state index in [4.69, 9.17) is 9.72 Å². The molecular weight excluding hydrogens is 294 g/mol. The lowest BCUT2D eigenvalue weighted by Gasteiger charge is -2.26. The highest BCUT2D eigenvalue weighted by Crippen LogP contribution is 2.38. The second-order valence-corrected chi connectivity index (χ2v) is 6.16. The lowest BCUT2D eigenvalue weighted by atomic mass is 9.97. The van der Waals surface area contributed by atoms with Crippen LogP contribution in [0, 0.1) is 6.92 Å². The molecule has 0 aliphatic carbocycles. The van der Waals surface area contributed by atoms with Crippen LogP contribution < -0.4 is 0 Å². The topological polar surface area (TPSA) is 22.1 Å². The Kier molecular flexibility index (Phi) is 3.66. The molecule has 0 saturated heterocycles. The molecule has 2 heterocycles. The highest BCUT2D eigenvalue weighted by Gasteiger charge is 2.24. The van der Waals surface area contributed by atoms with Gasteiger partial charge in [-0.25, -0.2) is 4.98 Å². The van der Waals surface area contributed by atoms with E-state index in [9.17, 15) is 0 Å². The van der Waals surface area contributed by atoms with Crippen LogP contribution >= 0.6 is 0 Å². The molecular formula is C22H19NO. The van der Waals surface area contributed by atoms with Gasteiger partial charge in [0.15, 0.2) is 0 Å². The number of nitrogens with zero attached hydrogens (tertiary/aromatic N) is 1. The van der Waals surface area contributed by atoms with E-state index in [0.29, 0.717) is 0 Å². The van der Waals surface area contributed by atoms with Gasteiger partial charge < -0.3 is 4.74 Å². The molecule has 0 bridgehead atoms. The Bertz CT molecular complexity index is 941. The fourth-order valence-corrected chi connectivity index (χ4v) is 3.14. The number of pyridine rings is 1. The van der Waals surface area contributed by atoms with E-state index in [0.717, 1.165) is 39.9 Å². The van der Waals surface area contributed by atoms with Gasteiger partial charge in [0.25, 0.3) is 0 Å². The molecule has 3 aromatic rings. The Hall–Kier alpha value is -2.87. The summed E-state index contributed by atoms with van der Waals surface area (Å²) in [6.45, 7) is 5.97. The summed E-state index contributed by atoms with van der Waals surface area (Å²) >= 11 is 0. The maximum Gasteiger partial charge on any atom is 0.129 e. The number of fused-ring (bicyclic) bond motifs is 2. The van der Waals surface area contributed by atoms with Crippen molar-refractivity contribution in [2.24, 2.45) is 0 Å². The highest BCUT2D eigenvalue weighted by atomic mass is 16.5. The largest absolute Gasteiger partial charge is 0.485 e. The monoisotopic (exact) mass is 313 g/mol. The molecule has 118 valence electrons. The van der Waals surface area contributed by atoms with Gasteiger partial charge in [-0.1, -0.05) is 48.5 Å². The van der Waals surface area contributed by atoms with Gasteiger partial charge in [0.05, 0.1) is 11.2 Å². The Morgan fingerprint density at radius 3 is 2.75 bits per heavy atom. The minimum Gasteiger partial charge on any atom is -0.485 e. The number of benzene rings is 2. The standard InChI is InChI=1S/C22H19NO/c1-3-7-21-18-13-17-11-10-15(2)12-19(17)23-20(18)14-22(24-21)16-8-5-4-6-9-16/h3-6,8-14,21H,1,7H2,2H3. The zero-order chi connectivity index (χ0) is 16.5. The molecule has 1 unspecified atom stereocenters. The molecule has 0 fully saturated rings. The van der Waals surface area contributed by atoms with E-state index in [2.05, 4.69) is 49.9 Å². The summed E-state index contributed by atoms with van der Waals surface area (Å²) in [7, 11) is 0. The number of aromatic nitrogens is 1. The number of rotatable bonds is 3. The van der Waals surface area contributed by atoms with E-state index < -0.39 is 0 Å². The summed E-state index contributed by atoms with van der Waals surface area (Å²) in [5.41, 5.74) is 5.44. The third-order valence-corrected chi connectivity index (χ3v) is 4.36. The fraction of sp³-hybridized carbons (Fsp3) is 0.136. The van der Waals surface area contributed by atoms with Crippen molar-refractivity contribution in [3.05, 3.63) is 89.6 Å². The Balaban J connectivity index is 1.90. The SMILES string of the molecule is C=CCC1OC(c2ccccc2)=Cc2nc3cc(C)ccc3cc21. The molecule has 0 radical (unpaired) electrons. The first-order valence-electron chi connectivity index (χ1n) is 8.20. The zero-order valence-electron chi connectivity index (χ0n) is 13.7. The van der Waals surface area contributed by atoms with Crippen LogP contribution in [0.3, 0.4) is 0 Å². The predicted octanol–water partition coefficient (Wildman–Crippen LogP) is 5.69. The minimum absolute atomic E-state index is 0.0455. The molecule has 0 spiro atoms. The van der Waals surface area contributed by atoms with Gasteiger partial charge in [0.2, 0.25) is 0 Å². The van der Waals surface area contributed by atoms with Crippen molar-refractivity contribution < 1.29 is 4.74 Å². The second-order valence-electron chi connectivity index (χ2n) is 6.16. The van der Waals surface area contributed by atoms with E-state index in [1.54, 1.807) is 0 Å². The molecule has 2 heteroatoms. The normalized spacial score (nSPS) is 16.2. The van der Waals surface area contributed by atoms with Crippen LogP contribution in [0.4, 0.5) is 0 Å². The Labute approximate surface area is 142 Å². The Morgan fingerprint density at radius 1 is 1.12 bits per heavy atom. The summed E-state index contributed by atoms with van der Waals surface area (Å²) in [6, 6.07) is 18.8. The van der Waals surface area contributed by atoms with Crippen molar-refractivity contribution in [1.82, 2.24) is 4.98 Å². The van der Waals surface area contributed by atoms with E-state index in [1.807, 2.05) is 30.4 Å². The summed E-state index contributed by atoms with van der Waals surface area (Å²) in [5.74, 6) is 0.870. The quantitative estimate of drug-likeness (QED) is 0.580. The third kappa shape index (κ3) is 2.61. The van der Waals surface area contributed by atoms with Gasteiger partial charge in [-0.05, 0) is 24.6 Å². The smallest absolute Gasteiger partial charge is 0.129 e. The average Bonchev–Trinajstić information content (AvgIpc) is 2.61. The van der Waals surface area contributed by atoms with Gasteiger partial charge >= 0.3 is 0 Å². The maximum absolute atomic E-state index is 6.26. The number of hydrogen-bond donors (Lipinski definition) is 0. The van der Waals surface area contributed by atoms with Gasteiger partial charge in [-0.3, -0.25) is 0 Å². The first-order chi connectivity index (χ1) is 11.7. The summed E-state index contributed by atoms with van der Waals surface area (Å²) in [5, 5.41) is 1.15. The molecule has 1 atom stereocenters. The van der Waals surface area contributed by atoms with Crippen LogP contribution in [0.5, 0.6) is 0 Å². The number of ether oxygens (including phenoxy) is 1. The van der Waals surface area contributed by atoms with Crippen molar-refractivity contribution in [3.8, 4) is 0 Å². The molecule has 0 saturated carbocycles. The lowest BCUT2D eigenvalue weighted by molar-refractivity contribution is 0.169. The highest BCUT2D eigenvalue weighted by molar-refractivity contribution is 5.86. The fourth-order valence-electron chi connectivity index (χ4n) is 3.14. The summed E-state index contributed by atoms with van der Waals surface area (Å²) in [6.07, 6.45) is 4.67. The number of hydrogen-bond acceptors (Lipinski definition) is 2. The van der Waals surface area contributed by atoms with Gasteiger partial charge in [0, 0.05) is 29.0 Å². The van der Waals surface area contributed by atoms with E-state index in [1.165, 1.54) is 5.56 Å². The van der Waals surface area contributed by atoms with Gasteiger partial charge in [0.1, 0.15) is 11.9 Å². The predicted molar refractivity (Wildman–Crippen MR) is 99.4 cm³/mol. The molecule has 4 rings (SSSR count). The molecule has 1 aliphatic heterocycles. The zero-order valence-corrected chi connectivity index (χ0v) is 13.7. The maximum atomic E-state index is 6.26. The molecule has 2 nitrogen and oxygen atoms in total. The molecule has 2 aromatic carbocycles. The van der Waals surface area contributed by atoms with Crippen LogP contribution in [-0.2, 0) is 4.74 Å². The molecule has 1 aromatic heterocycles. The molecule has 24 heavy (non-hydrogen) atoms. The summed E-state index contributed by atoms with van der Waals surface area (Å²) in [4.78, 5) is 4.89. The third-order valence-electron chi connectivity index (χ3n) is 4.36. The lowest BCUT2D eigenvalue weighted by Crippen LogP contribution is -2.11. The van der Waals surface area contributed by atoms with Crippen LogP contribution in [0.2, 0.25) is 0 Å². The average molecular weight is 313 g/mol. The van der Waals surface area contributed by atoms with Crippen LogP contribution in [-0.4, -0.2) is 4.98 Å². The first-order valence-corrected chi connectivity index (χ1v) is 8.20. The van der Waals surface area contributed by atoms with E-state index >= 15 is 0 Å². The molecule has 1 aliphatic rings. The molecule has 0 amide bonds. The van der Waals surface area contributed by atoms with Crippen molar-refractivity contribution in [2.45, 2.75) is 19.4 Å². The number of aryl methyl sites for hydroxylation is 1. The van der Waals surface area contributed by atoms with E-state index in [-0.39, 0.29) is 6.10 Å². The molecule has 0 N–H and O–H groups in total. The minimum atomic E-state index is -0.0455.